The molecule has 2 unspecified atom stereocenters. The van der Waals surface area contributed by atoms with Crippen molar-refractivity contribution in [3.8, 4) is 0 Å². The van der Waals surface area contributed by atoms with Crippen LogP contribution < -0.4 is 10.2 Å². The number of amides is 4. The molecule has 0 aliphatic carbocycles. The summed E-state index contributed by atoms with van der Waals surface area (Å²) in [7, 11) is 0. The van der Waals surface area contributed by atoms with Gasteiger partial charge in [0.2, 0.25) is 5.91 Å². The van der Waals surface area contributed by atoms with Crippen LogP contribution in [0.2, 0.25) is 0 Å². The molecule has 0 aromatic heterocycles. The molecule has 0 radical (unpaired) electrons. The lowest BCUT2D eigenvalue weighted by molar-refractivity contribution is -0.148. The van der Waals surface area contributed by atoms with Crippen LogP contribution in [0.25, 0.3) is 0 Å². The Balaban J connectivity index is 1.35. The Morgan fingerprint density at radius 1 is 1.03 bits per heavy atom. The van der Waals surface area contributed by atoms with Crippen molar-refractivity contribution < 1.29 is 19.1 Å². The highest BCUT2D eigenvalue weighted by molar-refractivity contribution is 5.98. The number of benzene rings is 1. The molecule has 8 heteroatoms. The van der Waals surface area contributed by atoms with Gasteiger partial charge in [-0.15, -0.1) is 0 Å². The standard InChI is InChI=1S/C23H32N4O4/c1-15-12-19(4-5-20(15)27-11-8-24-23(27)30)22(29)25-9-6-18(7-10-25)21(28)26-13-16(2)31-17(3)14-26/h4-5,12,16-18H,6-11,13-14H2,1-3H3,(H,24,30). The lowest BCUT2D eigenvalue weighted by atomic mass is 9.94. The summed E-state index contributed by atoms with van der Waals surface area (Å²) in [6.07, 6.45) is 1.50. The van der Waals surface area contributed by atoms with Crippen LogP contribution in [-0.4, -0.2) is 79.1 Å². The van der Waals surface area contributed by atoms with Crippen LogP contribution in [0, 0.1) is 12.8 Å². The molecule has 1 aromatic carbocycles. The van der Waals surface area contributed by atoms with E-state index in [2.05, 4.69) is 5.32 Å². The quantitative estimate of drug-likeness (QED) is 0.799. The lowest BCUT2D eigenvalue weighted by Crippen LogP contribution is -2.51. The number of hydrogen-bond donors (Lipinski definition) is 1. The topological polar surface area (TPSA) is 82.2 Å². The van der Waals surface area contributed by atoms with E-state index in [4.69, 9.17) is 4.74 Å². The number of urea groups is 1. The first-order chi connectivity index (χ1) is 14.8. The van der Waals surface area contributed by atoms with Crippen LogP contribution in [0.1, 0.15) is 42.6 Å². The number of aryl methyl sites for hydroxylation is 1. The van der Waals surface area contributed by atoms with Gasteiger partial charge in [-0.1, -0.05) is 0 Å². The second kappa shape index (κ2) is 8.86. The van der Waals surface area contributed by atoms with Gasteiger partial charge in [0.25, 0.3) is 5.91 Å². The molecule has 0 spiro atoms. The summed E-state index contributed by atoms with van der Waals surface area (Å²) in [5.41, 5.74) is 2.37. The Kier molecular flexibility index (Phi) is 6.18. The summed E-state index contributed by atoms with van der Waals surface area (Å²) in [6, 6.07) is 5.41. The normalized spacial score (nSPS) is 25.0. The maximum absolute atomic E-state index is 13.0. The van der Waals surface area contributed by atoms with Gasteiger partial charge < -0.3 is 19.9 Å². The third kappa shape index (κ3) is 4.54. The number of nitrogens with one attached hydrogen (secondary N) is 1. The van der Waals surface area contributed by atoms with E-state index in [1.807, 2.05) is 42.7 Å². The van der Waals surface area contributed by atoms with E-state index in [0.29, 0.717) is 57.7 Å². The number of carbonyl (C=O) groups excluding carboxylic acids is 3. The summed E-state index contributed by atoms with van der Waals surface area (Å²) >= 11 is 0. The number of morpholine rings is 1. The minimum Gasteiger partial charge on any atom is -0.372 e. The average Bonchev–Trinajstić information content (AvgIpc) is 3.17. The van der Waals surface area contributed by atoms with Crippen molar-refractivity contribution >= 4 is 23.5 Å². The number of hydrogen-bond acceptors (Lipinski definition) is 4. The van der Waals surface area contributed by atoms with Gasteiger partial charge in [0.15, 0.2) is 0 Å². The van der Waals surface area contributed by atoms with E-state index < -0.39 is 0 Å². The van der Waals surface area contributed by atoms with Gasteiger partial charge >= 0.3 is 6.03 Å². The number of anilines is 1. The van der Waals surface area contributed by atoms with Gasteiger partial charge in [0.05, 0.1) is 12.2 Å². The van der Waals surface area contributed by atoms with Gasteiger partial charge in [-0.25, -0.2) is 4.79 Å². The Morgan fingerprint density at radius 3 is 2.29 bits per heavy atom. The maximum Gasteiger partial charge on any atom is 0.322 e. The van der Waals surface area contributed by atoms with Crippen LogP contribution in [0.5, 0.6) is 0 Å². The van der Waals surface area contributed by atoms with Crippen molar-refractivity contribution in [2.24, 2.45) is 5.92 Å². The lowest BCUT2D eigenvalue weighted by Gasteiger charge is -2.39. The zero-order valence-electron chi connectivity index (χ0n) is 18.6. The summed E-state index contributed by atoms with van der Waals surface area (Å²) in [5, 5.41) is 2.80. The largest absolute Gasteiger partial charge is 0.372 e. The van der Waals surface area contributed by atoms with Crippen LogP contribution in [0.4, 0.5) is 10.5 Å². The SMILES string of the molecule is Cc1cc(C(=O)N2CCC(C(=O)N3CC(C)OC(C)C3)CC2)ccc1N1CCNC1=O. The second-order valence-electron chi connectivity index (χ2n) is 8.95. The molecular formula is C23H32N4O4. The number of carbonyl (C=O) groups is 3. The number of likely N-dealkylation sites (tertiary alicyclic amines) is 1. The van der Waals surface area contributed by atoms with E-state index in [0.717, 1.165) is 11.3 Å². The van der Waals surface area contributed by atoms with Gasteiger partial charge in [-0.3, -0.25) is 14.5 Å². The molecule has 4 amide bonds. The number of ether oxygens (including phenoxy) is 1. The molecule has 8 nitrogen and oxygen atoms in total. The highest BCUT2D eigenvalue weighted by atomic mass is 16.5. The fraction of sp³-hybridized carbons (Fsp3) is 0.609. The van der Waals surface area contributed by atoms with Crippen molar-refractivity contribution in [1.29, 1.82) is 0 Å². The third-order valence-electron chi connectivity index (χ3n) is 6.45. The molecule has 31 heavy (non-hydrogen) atoms. The molecular weight excluding hydrogens is 396 g/mol. The zero-order valence-corrected chi connectivity index (χ0v) is 18.6. The van der Waals surface area contributed by atoms with Crippen molar-refractivity contribution in [3.63, 3.8) is 0 Å². The van der Waals surface area contributed by atoms with Gasteiger partial charge in [-0.2, -0.15) is 0 Å². The second-order valence-corrected chi connectivity index (χ2v) is 8.95. The van der Waals surface area contributed by atoms with Crippen molar-refractivity contribution in [3.05, 3.63) is 29.3 Å². The highest BCUT2D eigenvalue weighted by Gasteiger charge is 2.34. The predicted molar refractivity (Wildman–Crippen MR) is 117 cm³/mol. The molecule has 3 heterocycles. The predicted octanol–water partition coefficient (Wildman–Crippen LogP) is 2.01. The van der Waals surface area contributed by atoms with Crippen molar-refractivity contribution in [1.82, 2.24) is 15.1 Å². The van der Waals surface area contributed by atoms with E-state index in [-0.39, 0.29) is 36.0 Å². The van der Waals surface area contributed by atoms with Crippen LogP contribution >= 0.6 is 0 Å². The molecule has 0 bridgehead atoms. The van der Waals surface area contributed by atoms with E-state index in [1.165, 1.54) is 0 Å². The van der Waals surface area contributed by atoms with E-state index in [1.54, 1.807) is 11.0 Å². The molecule has 4 rings (SSSR count). The number of rotatable bonds is 3. The molecule has 3 fully saturated rings. The summed E-state index contributed by atoms with van der Waals surface area (Å²) in [4.78, 5) is 43.4. The Hall–Kier alpha value is -2.61. The molecule has 3 aliphatic heterocycles. The fourth-order valence-electron chi connectivity index (χ4n) is 4.92. The Bertz CT molecular complexity index is 855. The third-order valence-corrected chi connectivity index (χ3v) is 6.45. The van der Waals surface area contributed by atoms with Gasteiger partial charge in [0.1, 0.15) is 0 Å². The van der Waals surface area contributed by atoms with E-state index in [9.17, 15) is 14.4 Å². The maximum atomic E-state index is 13.0. The first-order valence-corrected chi connectivity index (χ1v) is 11.2. The van der Waals surface area contributed by atoms with Gasteiger partial charge in [-0.05, 0) is 57.4 Å². The molecule has 1 N–H and O–H groups in total. The highest BCUT2D eigenvalue weighted by Crippen LogP contribution is 2.26. The average molecular weight is 429 g/mol. The molecule has 0 saturated carbocycles. The number of piperidine rings is 1. The first-order valence-electron chi connectivity index (χ1n) is 11.2. The summed E-state index contributed by atoms with van der Waals surface area (Å²) < 4.78 is 5.74. The van der Waals surface area contributed by atoms with E-state index >= 15 is 0 Å². The van der Waals surface area contributed by atoms with Crippen molar-refractivity contribution in [2.45, 2.75) is 45.8 Å². The number of nitrogens with zero attached hydrogens (tertiary/aromatic N) is 3. The fourth-order valence-corrected chi connectivity index (χ4v) is 4.92. The zero-order chi connectivity index (χ0) is 22.1. The van der Waals surface area contributed by atoms with Crippen LogP contribution in [0.15, 0.2) is 18.2 Å². The Morgan fingerprint density at radius 2 is 1.71 bits per heavy atom. The van der Waals surface area contributed by atoms with Gasteiger partial charge in [0, 0.05) is 56.4 Å². The van der Waals surface area contributed by atoms with Crippen molar-refractivity contribution in [2.75, 3.05) is 44.2 Å². The first kappa shape index (κ1) is 21.6. The molecule has 168 valence electrons. The molecule has 3 aliphatic rings. The van der Waals surface area contributed by atoms with Crippen LogP contribution in [-0.2, 0) is 9.53 Å². The molecule has 1 aromatic rings. The summed E-state index contributed by atoms with van der Waals surface area (Å²) in [5.74, 6) is 0.151. The molecule has 3 saturated heterocycles. The van der Waals surface area contributed by atoms with Crippen LogP contribution in [0.3, 0.4) is 0 Å². The minimum absolute atomic E-state index is 0.0139. The minimum atomic E-state index is -0.0991. The summed E-state index contributed by atoms with van der Waals surface area (Å²) in [6.45, 7) is 9.64. The Labute approximate surface area is 183 Å². The molecule has 2 atom stereocenters. The monoisotopic (exact) mass is 428 g/mol. The smallest absolute Gasteiger partial charge is 0.322 e.